The minimum Gasteiger partial charge on any atom is -0.478 e. The maximum atomic E-state index is 9.81. The molecule has 0 saturated heterocycles. The third-order valence-corrected chi connectivity index (χ3v) is 0.738. The summed E-state index contributed by atoms with van der Waals surface area (Å²) in [5, 5.41) is 16.7. The second-order valence-electron chi connectivity index (χ2n) is 1.83. The highest BCUT2D eigenvalue weighted by Crippen LogP contribution is 1.89. The molecular formula is C6H10O3. The van der Waals surface area contributed by atoms with Gasteiger partial charge in [0.2, 0.25) is 0 Å². The number of aliphatic carboxylic acids is 1. The highest BCUT2D eigenvalue weighted by Gasteiger charge is 1.89. The van der Waals surface area contributed by atoms with Crippen molar-refractivity contribution in [2.24, 2.45) is 0 Å². The van der Waals surface area contributed by atoms with Crippen LogP contribution in [0.3, 0.4) is 0 Å². The van der Waals surface area contributed by atoms with Crippen LogP contribution in [0.1, 0.15) is 13.3 Å². The first-order valence-electron chi connectivity index (χ1n) is 2.70. The van der Waals surface area contributed by atoms with E-state index in [9.17, 15) is 4.79 Å². The minimum atomic E-state index is -0.976. The van der Waals surface area contributed by atoms with E-state index in [1.807, 2.05) is 0 Å². The molecule has 0 aromatic rings. The van der Waals surface area contributed by atoms with Gasteiger partial charge < -0.3 is 10.2 Å². The van der Waals surface area contributed by atoms with Crippen molar-refractivity contribution in [1.29, 1.82) is 0 Å². The van der Waals surface area contributed by atoms with E-state index in [0.717, 1.165) is 6.08 Å². The summed E-state index contributed by atoms with van der Waals surface area (Å²) in [6, 6.07) is 0. The molecule has 0 radical (unpaired) electrons. The fourth-order valence-corrected chi connectivity index (χ4v) is 0.366. The lowest BCUT2D eigenvalue weighted by Gasteiger charge is -1.93. The predicted octanol–water partition coefficient (Wildman–Crippen LogP) is 0.398. The maximum absolute atomic E-state index is 9.81. The van der Waals surface area contributed by atoms with Gasteiger partial charge in [0.15, 0.2) is 0 Å². The molecule has 0 aromatic carbocycles. The summed E-state index contributed by atoms with van der Waals surface area (Å²) in [5.41, 5.74) is 0. The summed E-state index contributed by atoms with van der Waals surface area (Å²) in [4.78, 5) is 9.81. The van der Waals surface area contributed by atoms with Crippen molar-refractivity contribution < 1.29 is 15.0 Å². The molecule has 52 valence electrons. The van der Waals surface area contributed by atoms with Crippen molar-refractivity contribution in [1.82, 2.24) is 0 Å². The smallest absolute Gasteiger partial charge is 0.327 e. The van der Waals surface area contributed by atoms with Gasteiger partial charge in [-0.25, -0.2) is 4.79 Å². The molecule has 2 N–H and O–H groups in total. The molecule has 0 aliphatic carbocycles. The van der Waals surface area contributed by atoms with Crippen LogP contribution in [0.4, 0.5) is 0 Å². The number of aliphatic hydroxyl groups is 1. The van der Waals surface area contributed by atoms with Crippen molar-refractivity contribution in [3.05, 3.63) is 12.2 Å². The lowest BCUT2D eigenvalue weighted by atomic mass is 10.3. The SMILES string of the molecule is CC(O)C/C=C/C(=O)O. The van der Waals surface area contributed by atoms with Crippen molar-refractivity contribution in [2.75, 3.05) is 0 Å². The quantitative estimate of drug-likeness (QED) is 0.543. The molecule has 1 unspecified atom stereocenters. The Bertz CT molecular complexity index is 115. The Morgan fingerprint density at radius 3 is 2.67 bits per heavy atom. The standard InChI is InChI=1S/C6H10O3/c1-5(7)3-2-4-6(8)9/h2,4-5,7H,3H2,1H3,(H,8,9)/b4-2+. The van der Waals surface area contributed by atoms with Gasteiger partial charge in [-0.15, -0.1) is 0 Å². The molecule has 9 heavy (non-hydrogen) atoms. The molecular weight excluding hydrogens is 120 g/mol. The molecule has 0 amide bonds. The number of carboxylic acids is 1. The second kappa shape index (κ2) is 4.09. The first kappa shape index (κ1) is 8.17. The molecule has 0 spiro atoms. The summed E-state index contributed by atoms with van der Waals surface area (Å²) >= 11 is 0. The lowest BCUT2D eigenvalue weighted by Crippen LogP contribution is -1.96. The zero-order valence-corrected chi connectivity index (χ0v) is 5.24. The maximum Gasteiger partial charge on any atom is 0.327 e. The van der Waals surface area contributed by atoms with Gasteiger partial charge in [0.1, 0.15) is 0 Å². The van der Waals surface area contributed by atoms with E-state index in [0.29, 0.717) is 6.42 Å². The normalized spacial score (nSPS) is 14.0. The molecule has 0 bridgehead atoms. The summed E-state index contributed by atoms with van der Waals surface area (Å²) in [7, 11) is 0. The highest BCUT2D eigenvalue weighted by molar-refractivity contribution is 5.79. The molecule has 0 aromatic heterocycles. The van der Waals surface area contributed by atoms with E-state index in [-0.39, 0.29) is 0 Å². The Morgan fingerprint density at radius 1 is 1.78 bits per heavy atom. The van der Waals surface area contributed by atoms with Crippen LogP contribution >= 0.6 is 0 Å². The first-order chi connectivity index (χ1) is 4.13. The van der Waals surface area contributed by atoms with E-state index in [2.05, 4.69) is 0 Å². The molecule has 0 rings (SSSR count). The van der Waals surface area contributed by atoms with Crippen LogP contribution in [0.15, 0.2) is 12.2 Å². The molecule has 1 atom stereocenters. The Labute approximate surface area is 53.6 Å². The molecule has 0 heterocycles. The summed E-state index contributed by atoms with van der Waals surface area (Å²) in [5.74, 6) is -0.976. The monoisotopic (exact) mass is 130 g/mol. The third-order valence-electron chi connectivity index (χ3n) is 0.738. The zero-order valence-electron chi connectivity index (χ0n) is 5.24. The largest absolute Gasteiger partial charge is 0.478 e. The summed E-state index contributed by atoms with van der Waals surface area (Å²) in [6.07, 6.45) is 2.38. The van der Waals surface area contributed by atoms with Crippen LogP contribution in [0, 0.1) is 0 Å². The number of hydrogen-bond donors (Lipinski definition) is 2. The molecule has 0 aliphatic heterocycles. The van der Waals surface area contributed by atoms with Crippen molar-refractivity contribution >= 4 is 5.97 Å². The molecule has 3 nitrogen and oxygen atoms in total. The van der Waals surface area contributed by atoms with Crippen LogP contribution in [-0.4, -0.2) is 22.3 Å². The Hall–Kier alpha value is -0.830. The third kappa shape index (κ3) is 7.17. The number of carbonyl (C=O) groups is 1. The zero-order chi connectivity index (χ0) is 7.28. The van der Waals surface area contributed by atoms with Gasteiger partial charge in [0, 0.05) is 6.08 Å². The molecule has 3 heteroatoms. The number of rotatable bonds is 3. The van der Waals surface area contributed by atoms with Crippen LogP contribution in [0.25, 0.3) is 0 Å². The van der Waals surface area contributed by atoms with Crippen LogP contribution in [-0.2, 0) is 4.79 Å². The van der Waals surface area contributed by atoms with Gasteiger partial charge in [-0.3, -0.25) is 0 Å². The number of aliphatic hydroxyl groups excluding tert-OH is 1. The van der Waals surface area contributed by atoms with Gasteiger partial charge in [-0.05, 0) is 13.3 Å². The van der Waals surface area contributed by atoms with E-state index in [1.54, 1.807) is 6.92 Å². The fourth-order valence-electron chi connectivity index (χ4n) is 0.366. The molecule has 0 saturated carbocycles. The van der Waals surface area contributed by atoms with Crippen molar-refractivity contribution in [3.8, 4) is 0 Å². The van der Waals surface area contributed by atoms with Crippen molar-refractivity contribution in [3.63, 3.8) is 0 Å². The van der Waals surface area contributed by atoms with E-state index >= 15 is 0 Å². The lowest BCUT2D eigenvalue weighted by molar-refractivity contribution is -0.131. The van der Waals surface area contributed by atoms with Gasteiger partial charge in [0.05, 0.1) is 6.10 Å². The fraction of sp³-hybridized carbons (Fsp3) is 0.500. The molecule has 0 aliphatic rings. The summed E-state index contributed by atoms with van der Waals surface area (Å²) < 4.78 is 0. The second-order valence-corrected chi connectivity index (χ2v) is 1.83. The average molecular weight is 130 g/mol. The van der Waals surface area contributed by atoms with Gasteiger partial charge in [0.25, 0.3) is 0 Å². The average Bonchev–Trinajstić information content (AvgIpc) is 1.63. The summed E-state index contributed by atoms with van der Waals surface area (Å²) in [6.45, 7) is 1.60. The van der Waals surface area contributed by atoms with E-state index in [1.165, 1.54) is 6.08 Å². The first-order valence-corrected chi connectivity index (χ1v) is 2.70. The number of carboxylic acid groups (broad SMARTS) is 1. The molecule has 0 fully saturated rings. The minimum absolute atomic E-state index is 0.395. The van der Waals surface area contributed by atoms with Crippen LogP contribution in [0.5, 0.6) is 0 Å². The predicted molar refractivity (Wildman–Crippen MR) is 33.1 cm³/mol. The Morgan fingerprint density at radius 2 is 2.33 bits per heavy atom. The number of hydrogen-bond acceptors (Lipinski definition) is 2. The topological polar surface area (TPSA) is 57.5 Å². The van der Waals surface area contributed by atoms with Gasteiger partial charge in [-0.1, -0.05) is 6.08 Å². The van der Waals surface area contributed by atoms with Gasteiger partial charge in [-0.2, -0.15) is 0 Å². The van der Waals surface area contributed by atoms with E-state index in [4.69, 9.17) is 10.2 Å². The Balaban J connectivity index is 3.36. The highest BCUT2D eigenvalue weighted by atomic mass is 16.4. The van der Waals surface area contributed by atoms with Gasteiger partial charge >= 0.3 is 5.97 Å². The van der Waals surface area contributed by atoms with E-state index < -0.39 is 12.1 Å². The van der Waals surface area contributed by atoms with Crippen LogP contribution in [0.2, 0.25) is 0 Å². The van der Waals surface area contributed by atoms with Crippen LogP contribution < -0.4 is 0 Å². The Kier molecular flexibility index (Phi) is 3.71. The van der Waals surface area contributed by atoms with Crippen molar-refractivity contribution in [2.45, 2.75) is 19.4 Å².